The summed E-state index contributed by atoms with van der Waals surface area (Å²) >= 11 is 4.94. The second-order valence-corrected chi connectivity index (χ2v) is 3.56. The summed E-state index contributed by atoms with van der Waals surface area (Å²) in [7, 11) is 3.84. The van der Waals surface area contributed by atoms with E-state index in [1.807, 2.05) is 25.9 Å². The van der Waals surface area contributed by atoms with Gasteiger partial charge in [-0.15, -0.1) is 0 Å². The van der Waals surface area contributed by atoms with Gasteiger partial charge in [0, 0.05) is 19.6 Å². The summed E-state index contributed by atoms with van der Waals surface area (Å²) < 4.78 is 0. The first-order chi connectivity index (χ1) is 6.06. The van der Waals surface area contributed by atoms with Gasteiger partial charge in [-0.1, -0.05) is 0 Å². The van der Waals surface area contributed by atoms with Crippen LogP contribution in [0.2, 0.25) is 0 Å². The normalized spacial score (nSPS) is 12.7. The van der Waals surface area contributed by atoms with Crippen molar-refractivity contribution in [3.05, 3.63) is 0 Å². The van der Waals surface area contributed by atoms with Crippen molar-refractivity contribution >= 4 is 17.3 Å². The van der Waals surface area contributed by atoms with Crippen LogP contribution in [0, 0.1) is 0 Å². The summed E-state index contributed by atoms with van der Waals surface area (Å²) in [6.45, 7) is 3.91. The monoisotopic (exact) mass is 205 g/mol. The number of hydrogen-bond donors (Lipinski definition) is 3. The zero-order valence-corrected chi connectivity index (χ0v) is 9.32. The topological polar surface area (TPSA) is 47.5 Å². The molecule has 0 radical (unpaired) electrons. The second-order valence-electron chi connectivity index (χ2n) is 3.16. The number of aliphatic hydroxyl groups is 1. The lowest BCUT2D eigenvalue weighted by Crippen LogP contribution is -2.42. The van der Waals surface area contributed by atoms with Gasteiger partial charge in [0.2, 0.25) is 0 Å². The second kappa shape index (κ2) is 7.06. The number of aliphatic hydroxyl groups excluding tert-OH is 1. The maximum atomic E-state index is 9.45. The molecular weight excluding hydrogens is 186 g/mol. The zero-order valence-electron chi connectivity index (χ0n) is 8.50. The number of nitrogens with zero attached hydrogens (tertiary/aromatic N) is 1. The summed E-state index contributed by atoms with van der Waals surface area (Å²) in [6, 6.07) is 0. The molecule has 0 heterocycles. The highest BCUT2D eigenvalue weighted by molar-refractivity contribution is 7.80. The molecule has 4 nitrogen and oxygen atoms in total. The van der Waals surface area contributed by atoms with Gasteiger partial charge in [-0.25, -0.2) is 0 Å². The Bertz CT molecular complexity index is 152. The summed E-state index contributed by atoms with van der Waals surface area (Å²) in [4.78, 5) is 1.93. The van der Waals surface area contributed by atoms with Gasteiger partial charge in [-0.3, -0.25) is 0 Å². The van der Waals surface area contributed by atoms with E-state index in [2.05, 4.69) is 10.6 Å². The lowest BCUT2D eigenvalue weighted by molar-refractivity contribution is 0.139. The highest BCUT2D eigenvalue weighted by Gasteiger charge is 2.05. The molecule has 0 saturated carbocycles. The van der Waals surface area contributed by atoms with E-state index in [4.69, 9.17) is 12.2 Å². The average Bonchev–Trinajstić information content (AvgIpc) is 2.00. The van der Waals surface area contributed by atoms with E-state index in [0.717, 1.165) is 6.54 Å². The summed E-state index contributed by atoms with van der Waals surface area (Å²) in [6.07, 6.45) is -0.383. The van der Waals surface area contributed by atoms with E-state index in [1.165, 1.54) is 0 Å². The Labute approximate surface area is 85.3 Å². The lowest BCUT2D eigenvalue weighted by Gasteiger charge is -2.17. The Balaban J connectivity index is 3.45. The van der Waals surface area contributed by atoms with Crippen molar-refractivity contribution in [3.63, 3.8) is 0 Å². The number of likely N-dealkylation sites (N-methyl/N-ethyl adjacent to an activating group) is 1. The first-order valence-electron chi connectivity index (χ1n) is 4.40. The molecule has 0 bridgehead atoms. The van der Waals surface area contributed by atoms with Gasteiger partial charge < -0.3 is 20.6 Å². The largest absolute Gasteiger partial charge is 0.390 e. The van der Waals surface area contributed by atoms with Crippen molar-refractivity contribution in [1.82, 2.24) is 15.5 Å². The molecule has 3 N–H and O–H groups in total. The Kier molecular flexibility index (Phi) is 6.84. The lowest BCUT2D eigenvalue weighted by atomic mass is 10.3. The molecule has 0 aliphatic rings. The molecule has 0 aromatic heterocycles. The fourth-order valence-electron chi connectivity index (χ4n) is 0.920. The van der Waals surface area contributed by atoms with Gasteiger partial charge >= 0.3 is 0 Å². The molecule has 0 saturated heterocycles. The molecule has 0 aromatic carbocycles. The summed E-state index contributed by atoms with van der Waals surface area (Å²) in [5.41, 5.74) is 0. The van der Waals surface area contributed by atoms with E-state index >= 15 is 0 Å². The van der Waals surface area contributed by atoms with Crippen LogP contribution in [0.25, 0.3) is 0 Å². The molecule has 5 heteroatoms. The van der Waals surface area contributed by atoms with Crippen LogP contribution in [0.4, 0.5) is 0 Å². The smallest absolute Gasteiger partial charge is 0.166 e. The van der Waals surface area contributed by atoms with Gasteiger partial charge in [0.15, 0.2) is 5.11 Å². The van der Waals surface area contributed by atoms with E-state index in [-0.39, 0.29) is 6.10 Å². The molecule has 0 rings (SSSR count). The van der Waals surface area contributed by atoms with Crippen LogP contribution in [-0.2, 0) is 0 Å². The third kappa shape index (κ3) is 7.95. The van der Waals surface area contributed by atoms with Crippen LogP contribution in [0.1, 0.15) is 6.92 Å². The van der Waals surface area contributed by atoms with Crippen molar-refractivity contribution in [2.24, 2.45) is 0 Å². The zero-order chi connectivity index (χ0) is 10.3. The fraction of sp³-hybridized carbons (Fsp3) is 0.875. The number of thiocarbonyl (C=S) groups is 1. The maximum absolute atomic E-state index is 9.45. The Morgan fingerprint density at radius 3 is 2.54 bits per heavy atom. The predicted octanol–water partition coefficient (Wildman–Crippen LogP) is -0.607. The van der Waals surface area contributed by atoms with Crippen molar-refractivity contribution in [1.29, 1.82) is 0 Å². The Morgan fingerprint density at radius 1 is 1.46 bits per heavy atom. The highest BCUT2D eigenvalue weighted by atomic mass is 32.1. The predicted molar refractivity (Wildman–Crippen MR) is 58.8 cm³/mol. The molecule has 0 aliphatic heterocycles. The summed E-state index contributed by atoms with van der Waals surface area (Å²) in [5, 5.41) is 15.9. The molecular formula is C8H19N3OS. The van der Waals surface area contributed by atoms with E-state index in [0.29, 0.717) is 18.2 Å². The third-order valence-corrected chi connectivity index (χ3v) is 1.70. The molecule has 0 aliphatic carbocycles. The van der Waals surface area contributed by atoms with E-state index in [1.54, 1.807) is 0 Å². The van der Waals surface area contributed by atoms with Gasteiger partial charge in [0.1, 0.15) is 0 Å². The van der Waals surface area contributed by atoms with Crippen molar-refractivity contribution in [3.8, 4) is 0 Å². The standard InChI is InChI=1S/C8H19N3OS/c1-4-9-8(13)10-5-7(12)6-11(2)3/h7,12H,4-6H2,1-3H3,(H2,9,10,13)/t7-/m0/s1. The fourth-order valence-corrected chi connectivity index (χ4v) is 1.15. The van der Waals surface area contributed by atoms with Gasteiger partial charge in [-0.05, 0) is 33.2 Å². The molecule has 13 heavy (non-hydrogen) atoms. The Morgan fingerprint density at radius 2 is 2.08 bits per heavy atom. The van der Waals surface area contributed by atoms with Crippen LogP contribution in [-0.4, -0.2) is 55.0 Å². The SMILES string of the molecule is CCNC(=S)NC[C@H](O)CN(C)C. The minimum Gasteiger partial charge on any atom is -0.390 e. The van der Waals surface area contributed by atoms with Crippen LogP contribution in [0.5, 0.6) is 0 Å². The number of rotatable bonds is 5. The van der Waals surface area contributed by atoms with Crippen molar-refractivity contribution in [2.45, 2.75) is 13.0 Å². The van der Waals surface area contributed by atoms with Gasteiger partial charge in [0.25, 0.3) is 0 Å². The van der Waals surface area contributed by atoms with Crippen molar-refractivity contribution < 1.29 is 5.11 Å². The molecule has 0 fully saturated rings. The van der Waals surface area contributed by atoms with Crippen LogP contribution in [0.3, 0.4) is 0 Å². The van der Waals surface area contributed by atoms with Gasteiger partial charge in [-0.2, -0.15) is 0 Å². The molecule has 0 unspecified atom stereocenters. The van der Waals surface area contributed by atoms with Crippen molar-refractivity contribution in [2.75, 3.05) is 33.7 Å². The Hall–Kier alpha value is -0.390. The highest BCUT2D eigenvalue weighted by Crippen LogP contribution is 1.83. The minimum atomic E-state index is -0.383. The first kappa shape index (κ1) is 12.6. The number of nitrogens with one attached hydrogen (secondary N) is 2. The van der Waals surface area contributed by atoms with Crippen LogP contribution < -0.4 is 10.6 Å². The molecule has 0 amide bonds. The maximum Gasteiger partial charge on any atom is 0.166 e. The molecule has 0 aromatic rings. The molecule has 78 valence electrons. The molecule has 0 spiro atoms. The first-order valence-corrected chi connectivity index (χ1v) is 4.81. The number of hydrogen-bond acceptors (Lipinski definition) is 3. The quantitative estimate of drug-likeness (QED) is 0.523. The average molecular weight is 205 g/mol. The summed E-state index contributed by atoms with van der Waals surface area (Å²) in [5.74, 6) is 0. The minimum absolute atomic E-state index is 0.383. The van der Waals surface area contributed by atoms with Crippen LogP contribution in [0.15, 0.2) is 0 Å². The molecule has 1 atom stereocenters. The van der Waals surface area contributed by atoms with E-state index < -0.39 is 0 Å². The van der Waals surface area contributed by atoms with E-state index in [9.17, 15) is 5.11 Å². The third-order valence-electron chi connectivity index (χ3n) is 1.41. The van der Waals surface area contributed by atoms with Gasteiger partial charge in [0.05, 0.1) is 6.10 Å². The van der Waals surface area contributed by atoms with Crippen LogP contribution >= 0.6 is 12.2 Å².